The number of aliphatic hydroxyl groups excluding tert-OH is 1. The second kappa shape index (κ2) is 4.05. The minimum absolute atomic E-state index is 0.489. The number of amides is 1. The van der Waals surface area contributed by atoms with Crippen LogP contribution in [0.2, 0.25) is 0 Å². The van der Waals surface area contributed by atoms with E-state index in [0.29, 0.717) is 5.56 Å². The van der Waals surface area contributed by atoms with Crippen LogP contribution < -0.4 is 5.73 Å². The second-order valence-electron chi connectivity index (χ2n) is 3.05. The van der Waals surface area contributed by atoms with Gasteiger partial charge in [-0.1, -0.05) is 37.3 Å². The van der Waals surface area contributed by atoms with Gasteiger partial charge in [0.25, 0.3) is 0 Å². The van der Waals surface area contributed by atoms with Crippen LogP contribution in [0, 0.1) is 5.92 Å². The van der Waals surface area contributed by atoms with E-state index in [1.165, 1.54) is 0 Å². The van der Waals surface area contributed by atoms with Gasteiger partial charge in [-0.15, -0.1) is 0 Å². The SMILES string of the molecule is CC(C(N)=O)C(O)c1ccccc1. The molecule has 2 atom stereocenters. The Morgan fingerprint density at radius 3 is 2.38 bits per heavy atom. The molecule has 0 saturated carbocycles. The first-order valence-corrected chi connectivity index (χ1v) is 4.15. The van der Waals surface area contributed by atoms with Gasteiger partial charge in [0, 0.05) is 0 Å². The Balaban J connectivity index is 2.79. The maximum atomic E-state index is 10.8. The fourth-order valence-electron chi connectivity index (χ4n) is 1.09. The molecule has 0 aliphatic rings. The molecule has 0 bridgehead atoms. The molecular weight excluding hydrogens is 166 g/mol. The summed E-state index contributed by atoms with van der Waals surface area (Å²) in [6.07, 6.45) is -0.807. The third-order valence-corrected chi connectivity index (χ3v) is 2.06. The van der Waals surface area contributed by atoms with Crippen molar-refractivity contribution in [3.05, 3.63) is 35.9 Å². The van der Waals surface area contributed by atoms with E-state index in [0.717, 1.165) is 0 Å². The first-order valence-electron chi connectivity index (χ1n) is 4.15. The summed E-state index contributed by atoms with van der Waals surface area (Å²) in [5.41, 5.74) is 5.79. The molecule has 0 radical (unpaired) electrons. The third kappa shape index (κ3) is 2.29. The maximum Gasteiger partial charge on any atom is 0.223 e. The summed E-state index contributed by atoms with van der Waals surface area (Å²) < 4.78 is 0. The zero-order valence-corrected chi connectivity index (χ0v) is 7.47. The Morgan fingerprint density at radius 2 is 1.92 bits per heavy atom. The molecule has 13 heavy (non-hydrogen) atoms. The molecule has 2 unspecified atom stereocenters. The minimum Gasteiger partial charge on any atom is -0.388 e. The molecule has 0 aliphatic heterocycles. The zero-order chi connectivity index (χ0) is 9.84. The molecule has 1 rings (SSSR count). The van der Waals surface area contributed by atoms with Crippen LogP contribution >= 0.6 is 0 Å². The molecule has 3 N–H and O–H groups in total. The van der Waals surface area contributed by atoms with Crippen LogP contribution in [0.3, 0.4) is 0 Å². The van der Waals surface area contributed by atoms with Gasteiger partial charge in [0.05, 0.1) is 12.0 Å². The number of nitrogens with two attached hydrogens (primary N) is 1. The number of primary amides is 1. The average molecular weight is 179 g/mol. The van der Waals surface area contributed by atoms with Crippen molar-refractivity contribution in [2.24, 2.45) is 11.7 Å². The predicted molar refractivity (Wildman–Crippen MR) is 49.8 cm³/mol. The molecule has 3 heteroatoms. The summed E-state index contributed by atoms with van der Waals surface area (Å²) in [7, 11) is 0. The standard InChI is InChI=1S/C10H13NO2/c1-7(10(11)13)9(12)8-5-3-2-4-6-8/h2-7,9,12H,1H3,(H2,11,13). The summed E-state index contributed by atoms with van der Waals surface area (Å²) in [5.74, 6) is -1.04. The first-order chi connectivity index (χ1) is 6.13. The molecular formula is C10H13NO2. The fourth-order valence-corrected chi connectivity index (χ4v) is 1.09. The van der Waals surface area contributed by atoms with E-state index in [4.69, 9.17) is 5.73 Å². The van der Waals surface area contributed by atoms with Crippen molar-refractivity contribution < 1.29 is 9.90 Å². The van der Waals surface area contributed by atoms with Gasteiger partial charge in [-0.3, -0.25) is 4.79 Å². The van der Waals surface area contributed by atoms with Crippen molar-refractivity contribution in [3.63, 3.8) is 0 Å². The number of aliphatic hydroxyl groups is 1. The van der Waals surface area contributed by atoms with Gasteiger partial charge >= 0.3 is 0 Å². The Labute approximate surface area is 77.2 Å². The molecule has 1 aromatic rings. The fraction of sp³-hybridized carbons (Fsp3) is 0.300. The van der Waals surface area contributed by atoms with Crippen molar-refractivity contribution in [1.82, 2.24) is 0 Å². The van der Waals surface area contributed by atoms with Crippen molar-refractivity contribution in [3.8, 4) is 0 Å². The van der Waals surface area contributed by atoms with Crippen LogP contribution in [0.1, 0.15) is 18.6 Å². The van der Waals surface area contributed by atoms with Gasteiger partial charge < -0.3 is 10.8 Å². The van der Waals surface area contributed by atoms with E-state index in [1.807, 2.05) is 18.2 Å². The van der Waals surface area contributed by atoms with Crippen LogP contribution in [0.4, 0.5) is 0 Å². The largest absolute Gasteiger partial charge is 0.388 e. The highest BCUT2D eigenvalue weighted by Gasteiger charge is 2.20. The topological polar surface area (TPSA) is 63.3 Å². The van der Waals surface area contributed by atoms with Gasteiger partial charge in [-0.2, -0.15) is 0 Å². The minimum atomic E-state index is -0.807. The van der Waals surface area contributed by atoms with Crippen molar-refractivity contribution in [2.75, 3.05) is 0 Å². The Morgan fingerprint density at radius 1 is 1.38 bits per heavy atom. The number of rotatable bonds is 3. The highest BCUT2D eigenvalue weighted by molar-refractivity contribution is 5.77. The summed E-state index contributed by atoms with van der Waals surface area (Å²) in [4.78, 5) is 10.8. The molecule has 0 spiro atoms. The molecule has 0 fully saturated rings. The average Bonchev–Trinajstić information content (AvgIpc) is 2.17. The highest BCUT2D eigenvalue weighted by atomic mass is 16.3. The predicted octanol–water partition coefficient (Wildman–Crippen LogP) is 0.841. The monoisotopic (exact) mass is 179 g/mol. The lowest BCUT2D eigenvalue weighted by Gasteiger charge is -2.15. The van der Waals surface area contributed by atoms with Gasteiger partial charge in [0.2, 0.25) is 5.91 Å². The summed E-state index contributed by atoms with van der Waals surface area (Å²) in [5, 5.41) is 9.66. The van der Waals surface area contributed by atoms with Crippen LogP contribution in [0.15, 0.2) is 30.3 Å². The highest BCUT2D eigenvalue weighted by Crippen LogP contribution is 2.20. The van der Waals surface area contributed by atoms with E-state index in [2.05, 4.69) is 0 Å². The van der Waals surface area contributed by atoms with E-state index in [1.54, 1.807) is 19.1 Å². The Hall–Kier alpha value is -1.35. The van der Waals surface area contributed by atoms with Gasteiger partial charge in [0.15, 0.2) is 0 Å². The van der Waals surface area contributed by atoms with E-state index in [9.17, 15) is 9.90 Å². The lowest BCUT2D eigenvalue weighted by molar-refractivity contribution is -0.124. The van der Waals surface area contributed by atoms with Crippen LogP contribution in [-0.4, -0.2) is 11.0 Å². The number of hydrogen-bond acceptors (Lipinski definition) is 2. The number of benzene rings is 1. The van der Waals surface area contributed by atoms with Gasteiger partial charge in [-0.05, 0) is 5.56 Å². The Kier molecular flexibility index (Phi) is 3.03. The number of carbonyl (C=O) groups excluding carboxylic acids is 1. The van der Waals surface area contributed by atoms with Crippen molar-refractivity contribution in [1.29, 1.82) is 0 Å². The van der Waals surface area contributed by atoms with Crippen LogP contribution in [0.25, 0.3) is 0 Å². The lowest BCUT2D eigenvalue weighted by atomic mass is 9.97. The lowest BCUT2D eigenvalue weighted by Crippen LogP contribution is -2.26. The summed E-state index contributed by atoms with van der Waals surface area (Å²) >= 11 is 0. The molecule has 0 aliphatic carbocycles. The zero-order valence-electron chi connectivity index (χ0n) is 7.47. The first kappa shape index (κ1) is 9.74. The van der Waals surface area contributed by atoms with Gasteiger partial charge in [-0.25, -0.2) is 0 Å². The van der Waals surface area contributed by atoms with Crippen molar-refractivity contribution in [2.45, 2.75) is 13.0 Å². The van der Waals surface area contributed by atoms with E-state index >= 15 is 0 Å². The summed E-state index contributed by atoms with van der Waals surface area (Å²) in [6.45, 7) is 1.61. The maximum absolute atomic E-state index is 10.8. The molecule has 3 nitrogen and oxygen atoms in total. The van der Waals surface area contributed by atoms with Crippen molar-refractivity contribution >= 4 is 5.91 Å². The third-order valence-electron chi connectivity index (χ3n) is 2.06. The smallest absolute Gasteiger partial charge is 0.223 e. The van der Waals surface area contributed by atoms with Gasteiger partial charge in [0.1, 0.15) is 0 Å². The molecule has 0 aromatic heterocycles. The quantitative estimate of drug-likeness (QED) is 0.722. The van der Waals surface area contributed by atoms with Crippen LogP contribution in [-0.2, 0) is 4.79 Å². The van der Waals surface area contributed by atoms with E-state index in [-0.39, 0.29) is 0 Å². The molecule has 0 heterocycles. The van der Waals surface area contributed by atoms with Crippen LogP contribution in [0.5, 0.6) is 0 Å². The normalized spacial score (nSPS) is 14.9. The Bertz CT molecular complexity index is 284. The summed E-state index contributed by atoms with van der Waals surface area (Å²) in [6, 6.07) is 9.01. The number of hydrogen-bond donors (Lipinski definition) is 2. The number of carbonyl (C=O) groups is 1. The molecule has 1 amide bonds. The second-order valence-corrected chi connectivity index (χ2v) is 3.05. The molecule has 70 valence electrons. The molecule has 1 aromatic carbocycles. The van der Waals surface area contributed by atoms with E-state index < -0.39 is 17.9 Å². The molecule has 0 saturated heterocycles.